The standard InChI is InChI=1S/C42H25N3S/c1-4-18-35-33(16-1)41(27-22-23-39-34(25-27)31-15-3-6-21-38(31)46-39)44-42(43-35)28-12-7-13-29(24-28)45-36-19-5-2-14-30(36)32-17-8-10-26-11-9-20-37(45)40(26)32/h1-25H. The maximum Gasteiger partial charge on any atom is 0.160 e. The monoisotopic (exact) mass is 603 g/mol. The molecule has 0 fully saturated rings. The van der Waals surface area contributed by atoms with Crippen LogP contribution in [0.15, 0.2) is 152 Å². The molecule has 46 heavy (non-hydrogen) atoms. The van der Waals surface area contributed by atoms with Gasteiger partial charge in [-0.3, -0.25) is 0 Å². The maximum atomic E-state index is 5.29. The number of hydrogen-bond acceptors (Lipinski definition) is 4. The van der Waals surface area contributed by atoms with E-state index in [-0.39, 0.29) is 0 Å². The molecule has 0 amide bonds. The summed E-state index contributed by atoms with van der Waals surface area (Å²) in [6.45, 7) is 0. The number of benzene rings is 7. The summed E-state index contributed by atoms with van der Waals surface area (Å²) in [7, 11) is 0. The summed E-state index contributed by atoms with van der Waals surface area (Å²) in [6, 6.07) is 54.2. The lowest BCUT2D eigenvalue weighted by atomic mass is 9.91. The Morgan fingerprint density at radius 2 is 1.22 bits per heavy atom. The zero-order chi connectivity index (χ0) is 30.2. The lowest BCUT2D eigenvalue weighted by Gasteiger charge is -2.33. The predicted molar refractivity (Wildman–Crippen MR) is 194 cm³/mol. The van der Waals surface area contributed by atoms with Gasteiger partial charge in [-0.15, -0.1) is 11.3 Å². The summed E-state index contributed by atoms with van der Waals surface area (Å²) in [5.74, 6) is 0.717. The molecule has 0 radical (unpaired) electrons. The Labute approximate surface area is 269 Å². The van der Waals surface area contributed by atoms with Gasteiger partial charge in [0.1, 0.15) is 0 Å². The molecule has 214 valence electrons. The van der Waals surface area contributed by atoms with Crippen molar-refractivity contribution in [2.75, 3.05) is 4.90 Å². The molecule has 0 spiro atoms. The van der Waals surface area contributed by atoms with Crippen LogP contribution in [0.3, 0.4) is 0 Å². The van der Waals surface area contributed by atoms with Crippen molar-refractivity contribution >= 4 is 70.2 Å². The SMILES string of the molecule is c1cc(-c2nc(-c3ccc4sc5ccccc5c4c3)c3ccccc3n2)cc(N2c3ccccc3-c3cccc4cccc2c34)c1. The third-order valence-electron chi connectivity index (χ3n) is 9.17. The fourth-order valence-electron chi connectivity index (χ4n) is 7.12. The summed E-state index contributed by atoms with van der Waals surface area (Å²) in [6.07, 6.45) is 0. The number of nitrogens with zero attached hydrogens (tertiary/aromatic N) is 3. The first-order valence-corrected chi connectivity index (χ1v) is 16.3. The van der Waals surface area contributed by atoms with Gasteiger partial charge in [0.2, 0.25) is 0 Å². The van der Waals surface area contributed by atoms with Crippen LogP contribution in [0, 0.1) is 0 Å². The molecule has 7 aromatic carbocycles. The number of para-hydroxylation sites is 2. The lowest BCUT2D eigenvalue weighted by Crippen LogP contribution is -2.15. The molecule has 3 heterocycles. The van der Waals surface area contributed by atoms with Gasteiger partial charge in [0.25, 0.3) is 0 Å². The highest BCUT2D eigenvalue weighted by Gasteiger charge is 2.26. The van der Waals surface area contributed by atoms with E-state index in [1.165, 1.54) is 53.4 Å². The molecule has 1 aliphatic rings. The average Bonchev–Trinajstić information content (AvgIpc) is 3.49. The largest absolute Gasteiger partial charge is 0.309 e. The van der Waals surface area contributed by atoms with Gasteiger partial charge in [-0.05, 0) is 59.5 Å². The van der Waals surface area contributed by atoms with Gasteiger partial charge in [-0.1, -0.05) is 103 Å². The van der Waals surface area contributed by atoms with Crippen molar-refractivity contribution in [1.82, 2.24) is 9.97 Å². The Balaban J connectivity index is 1.16. The van der Waals surface area contributed by atoms with E-state index in [0.717, 1.165) is 39.2 Å². The molecule has 0 saturated carbocycles. The van der Waals surface area contributed by atoms with Crippen LogP contribution >= 0.6 is 11.3 Å². The van der Waals surface area contributed by atoms with E-state index in [2.05, 4.69) is 157 Å². The van der Waals surface area contributed by atoms with Gasteiger partial charge in [0.15, 0.2) is 5.82 Å². The Kier molecular flexibility index (Phi) is 5.45. The minimum atomic E-state index is 0.717. The van der Waals surface area contributed by atoms with Crippen molar-refractivity contribution in [3.63, 3.8) is 0 Å². The second-order valence-electron chi connectivity index (χ2n) is 11.8. The minimum Gasteiger partial charge on any atom is -0.309 e. The first kappa shape index (κ1) is 25.5. The fourth-order valence-corrected chi connectivity index (χ4v) is 8.21. The number of aromatic nitrogens is 2. The zero-order valence-electron chi connectivity index (χ0n) is 24.7. The number of anilines is 3. The maximum absolute atomic E-state index is 5.29. The smallest absolute Gasteiger partial charge is 0.160 e. The molecule has 0 bridgehead atoms. The van der Waals surface area contributed by atoms with E-state index < -0.39 is 0 Å². The van der Waals surface area contributed by atoms with Crippen LogP contribution in [-0.4, -0.2) is 9.97 Å². The number of thiophene rings is 1. The van der Waals surface area contributed by atoms with Gasteiger partial charge in [-0.2, -0.15) is 0 Å². The van der Waals surface area contributed by atoms with Crippen LogP contribution in [0.1, 0.15) is 0 Å². The Morgan fingerprint density at radius 3 is 2.17 bits per heavy atom. The van der Waals surface area contributed by atoms with Crippen molar-refractivity contribution in [1.29, 1.82) is 0 Å². The molecule has 0 saturated heterocycles. The average molecular weight is 604 g/mol. The van der Waals surface area contributed by atoms with E-state index in [1.807, 2.05) is 11.3 Å². The highest BCUT2D eigenvalue weighted by molar-refractivity contribution is 7.25. The van der Waals surface area contributed by atoms with Gasteiger partial charge in [-0.25, -0.2) is 9.97 Å². The Hall–Kier alpha value is -5.84. The molecule has 2 aromatic heterocycles. The second kappa shape index (κ2) is 9.83. The van der Waals surface area contributed by atoms with Crippen LogP contribution in [0.2, 0.25) is 0 Å². The molecule has 3 nitrogen and oxygen atoms in total. The molecule has 4 heteroatoms. The molecule has 0 unspecified atom stereocenters. The lowest BCUT2D eigenvalue weighted by molar-refractivity contribution is 1.22. The summed E-state index contributed by atoms with van der Waals surface area (Å²) in [4.78, 5) is 12.8. The van der Waals surface area contributed by atoms with Crippen LogP contribution in [-0.2, 0) is 0 Å². The molecule has 0 N–H and O–H groups in total. The third kappa shape index (κ3) is 3.77. The van der Waals surface area contributed by atoms with Gasteiger partial charge >= 0.3 is 0 Å². The summed E-state index contributed by atoms with van der Waals surface area (Å²) < 4.78 is 2.59. The van der Waals surface area contributed by atoms with E-state index in [0.29, 0.717) is 0 Å². The molecular formula is C42H25N3S. The Bertz CT molecular complexity index is 2670. The normalized spacial score (nSPS) is 12.3. The topological polar surface area (TPSA) is 29.0 Å². The predicted octanol–water partition coefficient (Wildman–Crippen LogP) is 11.9. The summed E-state index contributed by atoms with van der Waals surface area (Å²) in [5, 5.41) is 6.12. The van der Waals surface area contributed by atoms with Crippen molar-refractivity contribution in [2.45, 2.75) is 0 Å². The van der Waals surface area contributed by atoms with Crippen LogP contribution in [0.4, 0.5) is 17.1 Å². The third-order valence-corrected chi connectivity index (χ3v) is 10.3. The molecule has 1 aliphatic heterocycles. The van der Waals surface area contributed by atoms with E-state index in [4.69, 9.17) is 9.97 Å². The van der Waals surface area contributed by atoms with Crippen molar-refractivity contribution in [3.8, 4) is 33.8 Å². The van der Waals surface area contributed by atoms with Crippen molar-refractivity contribution in [3.05, 3.63) is 152 Å². The number of hydrogen-bond donors (Lipinski definition) is 0. The molecule has 0 atom stereocenters. The minimum absolute atomic E-state index is 0.717. The van der Waals surface area contributed by atoms with Crippen LogP contribution in [0.5, 0.6) is 0 Å². The quantitative estimate of drug-likeness (QED) is 0.201. The van der Waals surface area contributed by atoms with Gasteiger partial charge in [0.05, 0.1) is 22.6 Å². The summed E-state index contributed by atoms with van der Waals surface area (Å²) >= 11 is 1.84. The van der Waals surface area contributed by atoms with Crippen molar-refractivity contribution in [2.24, 2.45) is 0 Å². The molecule has 10 rings (SSSR count). The Morgan fingerprint density at radius 1 is 0.478 bits per heavy atom. The van der Waals surface area contributed by atoms with E-state index in [1.54, 1.807) is 0 Å². The van der Waals surface area contributed by atoms with Crippen molar-refractivity contribution < 1.29 is 0 Å². The highest BCUT2D eigenvalue weighted by Crippen LogP contribution is 2.51. The first-order chi connectivity index (χ1) is 22.8. The molecular weight excluding hydrogens is 579 g/mol. The number of fused-ring (bicyclic) bond motifs is 6. The first-order valence-electron chi connectivity index (χ1n) is 15.5. The fraction of sp³-hybridized carbons (Fsp3) is 0. The second-order valence-corrected chi connectivity index (χ2v) is 12.9. The zero-order valence-corrected chi connectivity index (χ0v) is 25.5. The highest BCUT2D eigenvalue weighted by atomic mass is 32.1. The van der Waals surface area contributed by atoms with Crippen LogP contribution in [0.25, 0.3) is 75.6 Å². The molecule has 0 aliphatic carbocycles. The van der Waals surface area contributed by atoms with E-state index in [9.17, 15) is 0 Å². The van der Waals surface area contributed by atoms with Crippen LogP contribution < -0.4 is 4.90 Å². The molecule has 9 aromatic rings. The number of rotatable bonds is 3. The van der Waals surface area contributed by atoms with E-state index >= 15 is 0 Å². The van der Waals surface area contributed by atoms with Gasteiger partial charge in [0, 0.05) is 53.3 Å². The summed E-state index contributed by atoms with van der Waals surface area (Å²) in [5.41, 5.74) is 9.90. The van der Waals surface area contributed by atoms with Gasteiger partial charge < -0.3 is 4.90 Å².